The van der Waals surface area contributed by atoms with Crippen LogP contribution in [-0.2, 0) is 14.8 Å². The molecule has 10 nitrogen and oxygen atoms in total. The molecule has 1 aromatic heterocycles. The van der Waals surface area contributed by atoms with E-state index in [0.717, 1.165) is 0 Å². The molecular weight excluding hydrogens is 484 g/mol. The fraction of sp³-hybridized carbons (Fsp3) is 0.320. The number of carbonyl (C=O) groups excluding carboxylic acids is 2. The Morgan fingerprint density at radius 1 is 1.00 bits per heavy atom. The lowest BCUT2D eigenvalue weighted by atomic mass is 10.1. The van der Waals surface area contributed by atoms with Gasteiger partial charge < -0.3 is 19.3 Å². The van der Waals surface area contributed by atoms with Gasteiger partial charge in [0.15, 0.2) is 0 Å². The van der Waals surface area contributed by atoms with Crippen molar-refractivity contribution in [3.05, 3.63) is 60.3 Å². The van der Waals surface area contributed by atoms with Crippen LogP contribution in [0, 0.1) is 0 Å². The number of hydrogen-bond donors (Lipinski definition) is 1. The number of nitrogens with one attached hydrogen (secondary N) is 1. The predicted octanol–water partition coefficient (Wildman–Crippen LogP) is 3.35. The van der Waals surface area contributed by atoms with Gasteiger partial charge in [0.25, 0.3) is 15.9 Å². The molecule has 1 saturated heterocycles. The van der Waals surface area contributed by atoms with Crippen LogP contribution in [0.1, 0.15) is 24.2 Å². The summed E-state index contributed by atoms with van der Waals surface area (Å²) in [7, 11) is -2.54. The van der Waals surface area contributed by atoms with Crippen molar-refractivity contribution in [2.24, 2.45) is 0 Å². The highest BCUT2D eigenvalue weighted by atomic mass is 32.2. The normalized spacial score (nSPS) is 14.1. The SMILES string of the molecule is COc1cc(NS(=O)(=O)c2cccc3cccnc23)ccc1C(=O)N1CCN(C(=O)OC(C)C)CC1. The molecule has 0 spiro atoms. The Hall–Kier alpha value is -3.86. The number of methoxy groups -OCH3 is 1. The van der Waals surface area contributed by atoms with Crippen molar-refractivity contribution >= 4 is 38.6 Å². The van der Waals surface area contributed by atoms with E-state index in [0.29, 0.717) is 42.6 Å². The first-order valence-electron chi connectivity index (χ1n) is 11.5. The number of aromatic nitrogens is 1. The number of piperazine rings is 1. The van der Waals surface area contributed by atoms with Crippen LogP contribution < -0.4 is 9.46 Å². The maximum Gasteiger partial charge on any atom is 0.410 e. The molecule has 2 heterocycles. The minimum atomic E-state index is -3.95. The fourth-order valence-electron chi connectivity index (χ4n) is 3.97. The maximum atomic E-state index is 13.2. The summed E-state index contributed by atoms with van der Waals surface area (Å²) in [5, 5.41) is 0.705. The molecule has 190 valence electrons. The lowest BCUT2D eigenvalue weighted by molar-refractivity contribution is 0.0474. The van der Waals surface area contributed by atoms with Crippen molar-refractivity contribution < 1.29 is 27.5 Å². The third kappa shape index (κ3) is 5.35. The minimum absolute atomic E-state index is 0.0496. The number of carbonyl (C=O) groups is 2. The summed E-state index contributed by atoms with van der Waals surface area (Å²) < 4.78 is 39.4. The quantitative estimate of drug-likeness (QED) is 0.538. The summed E-state index contributed by atoms with van der Waals surface area (Å²) in [6.07, 6.45) is 0.930. The van der Waals surface area contributed by atoms with Gasteiger partial charge in [-0.2, -0.15) is 0 Å². The van der Waals surface area contributed by atoms with Crippen molar-refractivity contribution in [1.29, 1.82) is 0 Å². The molecule has 0 unspecified atom stereocenters. The topological polar surface area (TPSA) is 118 Å². The monoisotopic (exact) mass is 512 g/mol. The van der Waals surface area contributed by atoms with Gasteiger partial charge in [0, 0.05) is 43.8 Å². The third-order valence-electron chi connectivity index (χ3n) is 5.73. The number of amides is 2. The maximum absolute atomic E-state index is 13.2. The summed E-state index contributed by atoms with van der Waals surface area (Å²) in [5.41, 5.74) is 0.908. The molecule has 0 radical (unpaired) electrons. The van der Waals surface area contributed by atoms with Crippen molar-refractivity contribution in [1.82, 2.24) is 14.8 Å². The summed E-state index contributed by atoms with van der Waals surface area (Å²) in [4.78, 5) is 32.7. The highest BCUT2D eigenvalue weighted by Gasteiger charge is 2.28. The Bertz CT molecular complexity index is 1380. The lowest BCUT2D eigenvalue weighted by Crippen LogP contribution is -2.51. The summed E-state index contributed by atoms with van der Waals surface area (Å²) in [6, 6.07) is 13.0. The van der Waals surface area contributed by atoms with Crippen molar-refractivity contribution in [2.75, 3.05) is 38.0 Å². The highest BCUT2D eigenvalue weighted by molar-refractivity contribution is 7.93. The van der Waals surface area contributed by atoms with Gasteiger partial charge >= 0.3 is 6.09 Å². The zero-order valence-corrected chi connectivity index (χ0v) is 21.1. The number of hydrogen-bond acceptors (Lipinski definition) is 7. The number of pyridine rings is 1. The third-order valence-corrected chi connectivity index (χ3v) is 7.14. The van der Waals surface area contributed by atoms with Crippen LogP contribution >= 0.6 is 0 Å². The summed E-state index contributed by atoms with van der Waals surface area (Å²) >= 11 is 0. The Morgan fingerprint density at radius 3 is 2.39 bits per heavy atom. The zero-order valence-electron chi connectivity index (χ0n) is 20.3. The Balaban J connectivity index is 1.50. The molecule has 1 fully saturated rings. The van der Waals surface area contributed by atoms with Gasteiger partial charge in [-0.05, 0) is 38.1 Å². The van der Waals surface area contributed by atoms with Gasteiger partial charge in [0.2, 0.25) is 0 Å². The molecule has 1 N–H and O–H groups in total. The molecule has 0 atom stereocenters. The van der Waals surface area contributed by atoms with E-state index in [2.05, 4.69) is 9.71 Å². The highest BCUT2D eigenvalue weighted by Crippen LogP contribution is 2.28. The molecule has 0 bridgehead atoms. The van der Waals surface area contributed by atoms with E-state index in [4.69, 9.17) is 9.47 Å². The van der Waals surface area contributed by atoms with Crippen LogP contribution in [0.2, 0.25) is 0 Å². The van der Waals surface area contributed by atoms with E-state index in [1.54, 1.807) is 47.9 Å². The van der Waals surface area contributed by atoms with Crippen LogP contribution in [0.25, 0.3) is 10.9 Å². The van der Waals surface area contributed by atoms with E-state index in [9.17, 15) is 18.0 Å². The first-order valence-corrected chi connectivity index (χ1v) is 13.0. The molecule has 0 saturated carbocycles. The molecule has 11 heteroatoms. The van der Waals surface area contributed by atoms with E-state index < -0.39 is 16.1 Å². The molecule has 2 aromatic carbocycles. The van der Waals surface area contributed by atoms with Gasteiger partial charge in [0.05, 0.1) is 30.0 Å². The van der Waals surface area contributed by atoms with Gasteiger partial charge in [0.1, 0.15) is 10.6 Å². The Morgan fingerprint density at radius 2 is 1.69 bits per heavy atom. The summed E-state index contributed by atoms with van der Waals surface area (Å²) in [5.74, 6) is -0.0331. The number of nitrogens with zero attached hydrogens (tertiary/aromatic N) is 3. The standard InChI is InChI=1S/C25H28N4O6S/c1-17(2)35-25(31)29-14-12-28(13-15-29)24(30)20-10-9-19(16-21(20)34-3)27-36(32,33)22-8-4-6-18-7-5-11-26-23(18)22/h4-11,16-17,27H,12-15H2,1-3H3. The molecule has 2 amide bonds. The molecule has 4 rings (SSSR count). The number of para-hydroxylation sites is 1. The van der Waals surface area contributed by atoms with Crippen LogP contribution in [0.3, 0.4) is 0 Å². The molecule has 1 aliphatic heterocycles. The van der Waals surface area contributed by atoms with Crippen LogP contribution in [0.15, 0.2) is 59.6 Å². The van der Waals surface area contributed by atoms with E-state index >= 15 is 0 Å². The number of fused-ring (bicyclic) bond motifs is 1. The van der Waals surface area contributed by atoms with Crippen LogP contribution in [-0.4, -0.2) is 74.6 Å². The molecule has 1 aliphatic rings. The van der Waals surface area contributed by atoms with Crippen molar-refractivity contribution in [3.8, 4) is 5.75 Å². The smallest absolute Gasteiger partial charge is 0.410 e. The van der Waals surface area contributed by atoms with Crippen LogP contribution in [0.4, 0.5) is 10.5 Å². The van der Waals surface area contributed by atoms with Gasteiger partial charge in [-0.3, -0.25) is 14.5 Å². The predicted molar refractivity (Wildman–Crippen MR) is 135 cm³/mol. The lowest BCUT2D eigenvalue weighted by Gasteiger charge is -2.34. The number of ether oxygens (including phenoxy) is 2. The average molecular weight is 513 g/mol. The number of anilines is 1. The zero-order chi connectivity index (χ0) is 25.9. The van der Waals surface area contributed by atoms with Crippen LogP contribution in [0.5, 0.6) is 5.75 Å². The number of sulfonamides is 1. The summed E-state index contributed by atoms with van der Waals surface area (Å²) in [6.45, 7) is 4.97. The second kappa shape index (κ2) is 10.4. The first-order chi connectivity index (χ1) is 17.2. The van der Waals surface area contributed by atoms with Gasteiger partial charge in [-0.1, -0.05) is 18.2 Å². The number of benzene rings is 2. The van der Waals surface area contributed by atoms with Gasteiger partial charge in [-0.25, -0.2) is 13.2 Å². The largest absolute Gasteiger partial charge is 0.496 e. The Labute approximate surface area is 209 Å². The van der Waals surface area contributed by atoms with E-state index in [1.807, 2.05) is 0 Å². The minimum Gasteiger partial charge on any atom is -0.496 e. The molecule has 3 aromatic rings. The van der Waals surface area contributed by atoms with Crippen molar-refractivity contribution in [3.63, 3.8) is 0 Å². The molecule has 0 aliphatic carbocycles. The first kappa shape index (κ1) is 25.2. The van der Waals surface area contributed by atoms with E-state index in [1.165, 1.54) is 37.6 Å². The fourth-order valence-corrected chi connectivity index (χ4v) is 5.20. The van der Waals surface area contributed by atoms with Gasteiger partial charge in [-0.15, -0.1) is 0 Å². The van der Waals surface area contributed by atoms with Crippen molar-refractivity contribution in [2.45, 2.75) is 24.8 Å². The Kier molecular flexibility index (Phi) is 7.30. The second-order valence-corrected chi connectivity index (χ2v) is 10.2. The second-order valence-electron chi connectivity index (χ2n) is 8.56. The average Bonchev–Trinajstić information content (AvgIpc) is 2.87. The molecule has 36 heavy (non-hydrogen) atoms. The number of rotatable bonds is 6. The molecular formula is C25H28N4O6S. The van der Waals surface area contributed by atoms with E-state index in [-0.39, 0.29) is 28.3 Å².